The van der Waals surface area contributed by atoms with E-state index in [-0.39, 0.29) is 0 Å². The summed E-state index contributed by atoms with van der Waals surface area (Å²) < 4.78 is 1.03. The molecule has 4 nitrogen and oxygen atoms in total. The van der Waals surface area contributed by atoms with E-state index in [2.05, 4.69) is 31.3 Å². The van der Waals surface area contributed by atoms with E-state index in [1.165, 1.54) is 4.80 Å². The molecule has 0 amide bonds. The highest BCUT2D eigenvalue weighted by molar-refractivity contribution is 9.10. The molecule has 0 aliphatic rings. The quantitative estimate of drug-likeness (QED) is 0.730. The molecular weight excluding hydrogens is 292 g/mol. The molecule has 2 aromatic carbocycles. The predicted octanol–water partition coefficient (Wildman–Crippen LogP) is 3.09. The van der Waals surface area contributed by atoms with Crippen molar-refractivity contribution in [2.75, 3.05) is 0 Å². The smallest absolute Gasteiger partial charge is 0.130 e. The molecule has 0 N–H and O–H groups in total. The molecule has 18 heavy (non-hydrogen) atoms. The third kappa shape index (κ3) is 2.17. The lowest BCUT2D eigenvalue weighted by molar-refractivity contribution is 0.720. The van der Waals surface area contributed by atoms with Crippen LogP contribution < -0.4 is 0 Å². The van der Waals surface area contributed by atoms with E-state index in [4.69, 9.17) is 0 Å². The Hall–Kier alpha value is -2.01. The molecule has 0 aliphatic heterocycles. The van der Waals surface area contributed by atoms with E-state index in [1.54, 1.807) is 0 Å². The number of para-hydroxylation sites is 1. The number of tetrazole rings is 1. The van der Waals surface area contributed by atoms with Crippen molar-refractivity contribution in [2.45, 2.75) is 0 Å². The normalized spacial score (nSPS) is 10.5. The van der Waals surface area contributed by atoms with Crippen LogP contribution in [0.1, 0.15) is 0 Å². The van der Waals surface area contributed by atoms with Gasteiger partial charge in [0.2, 0.25) is 5.82 Å². The van der Waals surface area contributed by atoms with Crippen LogP contribution in [0.5, 0.6) is 0 Å². The van der Waals surface area contributed by atoms with E-state index < -0.39 is 0 Å². The molecule has 0 saturated heterocycles. The zero-order chi connectivity index (χ0) is 12.4. The number of aromatic nitrogens is 4. The van der Waals surface area contributed by atoms with Crippen LogP contribution in [-0.2, 0) is 0 Å². The number of benzene rings is 2. The number of rotatable bonds is 2. The van der Waals surface area contributed by atoms with Crippen molar-refractivity contribution in [1.29, 1.82) is 0 Å². The van der Waals surface area contributed by atoms with Gasteiger partial charge in [-0.1, -0.05) is 34.1 Å². The first-order chi connectivity index (χ1) is 8.83. The summed E-state index contributed by atoms with van der Waals surface area (Å²) in [6.07, 6.45) is 0. The highest BCUT2D eigenvalue weighted by Crippen LogP contribution is 2.18. The van der Waals surface area contributed by atoms with Crippen molar-refractivity contribution in [3.63, 3.8) is 0 Å². The predicted molar refractivity (Wildman–Crippen MR) is 72.3 cm³/mol. The van der Waals surface area contributed by atoms with Crippen LogP contribution in [0.2, 0.25) is 0 Å². The number of halogens is 1. The minimum absolute atomic E-state index is 0.617. The maximum atomic E-state index is 4.36. The van der Waals surface area contributed by atoms with Crippen LogP contribution in [0.3, 0.4) is 0 Å². The summed E-state index contributed by atoms with van der Waals surface area (Å²) >= 11 is 3.40. The zero-order valence-corrected chi connectivity index (χ0v) is 10.9. The first kappa shape index (κ1) is 11.1. The molecule has 0 aliphatic carbocycles. The Morgan fingerprint density at radius 3 is 2.33 bits per heavy atom. The summed E-state index contributed by atoms with van der Waals surface area (Å²) in [6, 6.07) is 17.5. The standard InChI is InChI=1S/C13H9BrN4/c14-11-8-6-10(7-9-11)13-15-17-18(16-13)12-4-2-1-3-5-12/h1-9H. The first-order valence-corrected chi connectivity index (χ1v) is 6.23. The minimum atomic E-state index is 0.617. The van der Waals surface area contributed by atoms with Crippen molar-refractivity contribution < 1.29 is 0 Å². The molecule has 88 valence electrons. The van der Waals surface area contributed by atoms with E-state index in [9.17, 15) is 0 Å². The molecule has 0 unspecified atom stereocenters. The molecule has 0 saturated carbocycles. The second-order valence-corrected chi connectivity index (χ2v) is 4.66. The monoisotopic (exact) mass is 300 g/mol. The summed E-state index contributed by atoms with van der Waals surface area (Å²) in [5, 5.41) is 12.5. The molecule has 0 fully saturated rings. The van der Waals surface area contributed by atoms with Crippen LogP contribution >= 0.6 is 15.9 Å². The number of nitrogens with zero attached hydrogens (tertiary/aromatic N) is 4. The number of hydrogen-bond acceptors (Lipinski definition) is 3. The highest BCUT2D eigenvalue weighted by atomic mass is 79.9. The number of hydrogen-bond donors (Lipinski definition) is 0. The molecule has 5 heteroatoms. The van der Waals surface area contributed by atoms with Crippen LogP contribution in [0.25, 0.3) is 17.1 Å². The Balaban J connectivity index is 1.97. The molecule has 1 aromatic heterocycles. The molecule has 3 rings (SSSR count). The maximum Gasteiger partial charge on any atom is 0.205 e. The first-order valence-electron chi connectivity index (χ1n) is 5.44. The van der Waals surface area contributed by atoms with Gasteiger partial charge in [-0.05, 0) is 41.6 Å². The Bertz CT molecular complexity index is 646. The molecule has 0 bridgehead atoms. The molecule has 0 radical (unpaired) electrons. The Morgan fingerprint density at radius 1 is 0.889 bits per heavy atom. The summed E-state index contributed by atoms with van der Waals surface area (Å²) in [6.45, 7) is 0. The fraction of sp³-hybridized carbons (Fsp3) is 0. The van der Waals surface area contributed by atoms with Gasteiger partial charge in [-0.25, -0.2) is 0 Å². The van der Waals surface area contributed by atoms with Gasteiger partial charge in [0.25, 0.3) is 0 Å². The second kappa shape index (κ2) is 4.70. The molecule has 0 atom stereocenters. The molecule has 1 heterocycles. The van der Waals surface area contributed by atoms with Gasteiger partial charge in [0.05, 0.1) is 5.69 Å². The van der Waals surface area contributed by atoms with Gasteiger partial charge in [-0.15, -0.1) is 15.0 Å². The summed E-state index contributed by atoms with van der Waals surface area (Å²) in [5.41, 5.74) is 1.84. The van der Waals surface area contributed by atoms with Gasteiger partial charge in [0.1, 0.15) is 0 Å². The van der Waals surface area contributed by atoms with Gasteiger partial charge in [0, 0.05) is 10.0 Å². The fourth-order valence-corrected chi connectivity index (χ4v) is 1.86. The van der Waals surface area contributed by atoms with Gasteiger partial charge in [0.15, 0.2) is 0 Å². The van der Waals surface area contributed by atoms with Crippen molar-refractivity contribution in [3.8, 4) is 17.1 Å². The van der Waals surface area contributed by atoms with Crippen LogP contribution in [-0.4, -0.2) is 20.2 Å². The summed E-state index contributed by atoms with van der Waals surface area (Å²) in [4.78, 5) is 1.53. The second-order valence-electron chi connectivity index (χ2n) is 3.74. The minimum Gasteiger partial charge on any atom is -0.130 e. The largest absolute Gasteiger partial charge is 0.205 e. The van der Waals surface area contributed by atoms with Crippen LogP contribution in [0, 0.1) is 0 Å². The van der Waals surface area contributed by atoms with Crippen molar-refractivity contribution >= 4 is 15.9 Å². The Morgan fingerprint density at radius 2 is 1.61 bits per heavy atom. The fourth-order valence-electron chi connectivity index (χ4n) is 1.60. The van der Waals surface area contributed by atoms with Crippen molar-refractivity contribution in [1.82, 2.24) is 20.2 Å². The van der Waals surface area contributed by atoms with Gasteiger partial charge >= 0.3 is 0 Å². The average Bonchev–Trinajstić information content (AvgIpc) is 2.90. The van der Waals surface area contributed by atoms with Gasteiger partial charge in [-0.3, -0.25) is 0 Å². The summed E-state index contributed by atoms with van der Waals surface area (Å²) in [5.74, 6) is 0.617. The lowest BCUT2D eigenvalue weighted by Crippen LogP contribution is -1.98. The van der Waals surface area contributed by atoms with E-state index >= 15 is 0 Å². The van der Waals surface area contributed by atoms with Gasteiger partial charge in [-0.2, -0.15) is 0 Å². The lowest BCUT2D eigenvalue weighted by atomic mass is 10.2. The van der Waals surface area contributed by atoms with E-state index in [0.717, 1.165) is 15.7 Å². The van der Waals surface area contributed by atoms with E-state index in [1.807, 2.05) is 54.6 Å². The highest BCUT2D eigenvalue weighted by Gasteiger charge is 2.06. The molecule has 0 spiro atoms. The third-order valence-corrected chi connectivity index (χ3v) is 3.03. The average molecular weight is 301 g/mol. The SMILES string of the molecule is Brc1ccc(-c2nnn(-c3ccccc3)n2)cc1. The lowest BCUT2D eigenvalue weighted by Gasteiger charge is -1.96. The van der Waals surface area contributed by atoms with Crippen molar-refractivity contribution in [2.24, 2.45) is 0 Å². The topological polar surface area (TPSA) is 43.6 Å². The summed E-state index contributed by atoms with van der Waals surface area (Å²) in [7, 11) is 0. The van der Waals surface area contributed by atoms with Crippen LogP contribution in [0.15, 0.2) is 59.1 Å². The molecule has 3 aromatic rings. The molecular formula is C13H9BrN4. The van der Waals surface area contributed by atoms with Crippen molar-refractivity contribution in [3.05, 3.63) is 59.1 Å². The van der Waals surface area contributed by atoms with E-state index in [0.29, 0.717) is 5.82 Å². The maximum absolute atomic E-state index is 4.36. The Kier molecular flexibility index (Phi) is 2.90. The van der Waals surface area contributed by atoms with Crippen LogP contribution in [0.4, 0.5) is 0 Å². The Labute approximate surface area is 112 Å². The zero-order valence-electron chi connectivity index (χ0n) is 9.36. The van der Waals surface area contributed by atoms with Gasteiger partial charge < -0.3 is 0 Å². The third-order valence-electron chi connectivity index (χ3n) is 2.50.